The van der Waals surface area contributed by atoms with Gasteiger partial charge >= 0.3 is 0 Å². The second-order valence-electron chi connectivity index (χ2n) is 19.9. The fraction of sp³-hybridized carbons (Fsp3) is 0.706. The lowest BCUT2D eigenvalue weighted by Crippen LogP contribution is -2.61. The maximum absolute atomic E-state index is 14.4. The number of hydrogen-bond donors (Lipinski definition) is 14. The monoisotopic (exact) mass is 1040 g/mol. The molecule has 0 saturated carbocycles. The molecule has 1 saturated heterocycles. The van der Waals surface area contributed by atoms with Gasteiger partial charge in [0.15, 0.2) is 0 Å². The Morgan fingerprint density at radius 2 is 1.05 bits per heavy atom. The Morgan fingerprint density at radius 1 is 0.595 bits per heavy atom. The Kier molecular flexibility index (Phi) is 30.8. The van der Waals surface area contributed by atoms with Gasteiger partial charge in [0.25, 0.3) is 0 Å². The minimum atomic E-state index is -1.47. The molecule has 9 atom stereocenters. The first kappa shape index (κ1) is 64.4. The van der Waals surface area contributed by atoms with E-state index in [-0.39, 0.29) is 102 Å². The minimum Gasteiger partial charge on any atom is -0.393 e. The number of nitrogens with one attached hydrogen (secondary N) is 9. The topological polar surface area (TPSA) is 386 Å². The molecule has 4 unspecified atom stereocenters. The molecule has 23 nitrogen and oxygen atoms in total. The molecule has 0 radical (unpaired) electrons. The largest absolute Gasteiger partial charge is 0.393 e. The van der Waals surface area contributed by atoms with E-state index in [9.17, 15) is 48.3 Å². The lowest BCUT2D eigenvalue weighted by molar-refractivity contribution is -0.136. The van der Waals surface area contributed by atoms with Crippen LogP contribution in [0.15, 0.2) is 30.3 Å². The normalized spacial score (nSPS) is 23.0. The summed E-state index contributed by atoms with van der Waals surface area (Å²) < 4.78 is 0. The molecule has 0 spiro atoms. The first-order valence-electron chi connectivity index (χ1n) is 26.5. The lowest BCUT2D eigenvalue weighted by Gasteiger charge is -2.28. The Balaban J connectivity index is 2.68. The van der Waals surface area contributed by atoms with Crippen LogP contribution in [0.1, 0.15) is 130 Å². The van der Waals surface area contributed by atoms with Crippen molar-refractivity contribution in [1.29, 1.82) is 0 Å². The predicted molar refractivity (Wildman–Crippen MR) is 281 cm³/mol. The zero-order valence-electron chi connectivity index (χ0n) is 44.3. The SMILES string of the molecule is CCCCCCCC(O)CC(=O)N[C@H](CCN)C(=O)NC1CCNC(=O)C(CC(C)C)NC(=O)[C@H](CCN)NC(=O)[C@H](CCN)NC(=O)[C@H](CC(C)C)NC(=O)[C@@H](Cc2ccccc2)NC(=O)C(CCN)NC1=O. The molecule has 1 aromatic rings. The number of carbonyl (C=O) groups excluding carboxylic acids is 9. The smallest absolute Gasteiger partial charge is 0.243 e. The standard InChI is InChI=1S/C51H89N13O10/c1-6-7-8-9-13-16-34(65)30-43(66)57-35(17-22-52)45(68)61-39-21-26-56-44(67)40(27-31(2)3)62-47(70)37(19-24-54)58-46(69)36(18-23-53)60-50(73)41(28-32(4)5)63-51(74)42(29-33-14-11-10-12-15-33)64-48(71)38(20-25-55)59-49(39)72/h10-12,14-15,31-32,34-42,65H,6-9,13,16-30,52-55H2,1-5H3,(H,56,67)(H,57,66)(H,58,69)(H,59,72)(H,60,73)(H,61,68)(H,62,70)(H,63,74)(H,64,71)/t34?,35-,36+,37+,38?,39?,40?,41+,42-/m1/s1. The van der Waals surface area contributed by atoms with Gasteiger partial charge in [0, 0.05) is 13.0 Å². The number of aliphatic hydroxyl groups excluding tert-OH is 1. The van der Waals surface area contributed by atoms with Crippen LogP contribution >= 0.6 is 0 Å². The molecule has 23 heteroatoms. The third-order valence-corrected chi connectivity index (χ3v) is 12.4. The summed E-state index contributed by atoms with van der Waals surface area (Å²) in [5.74, 6) is -7.07. The van der Waals surface area contributed by atoms with E-state index in [1.807, 2.05) is 27.7 Å². The van der Waals surface area contributed by atoms with Gasteiger partial charge in [0.1, 0.15) is 48.3 Å². The first-order chi connectivity index (χ1) is 35.3. The van der Waals surface area contributed by atoms with Crippen LogP contribution in [0.4, 0.5) is 0 Å². The van der Waals surface area contributed by atoms with Gasteiger partial charge in [-0.3, -0.25) is 43.2 Å². The van der Waals surface area contributed by atoms with Crippen molar-refractivity contribution < 1.29 is 48.3 Å². The van der Waals surface area contributed by atoms with Crippen molar-refractivity contribution >= 4 is 53.2 Å². The predicted octanol–water partition coefficient (Wildman–Crippen LogP) is -1.77. The van der Waals surface area contributed by atoms with E-state index in [2.05, 4.69) is 54.8 Å². The Bertz CT molecular complexity index is 1930. The van der Waals surface area contributed by atoms with Crippen LogP contribution in [0.2, 0.25) is 0 Å². The average Bonchev–Trinajstić information content (AvgIpc) is 3.34. The van der Waals surface area contributed by atoms with Gasteiger partial charge in [0.2, 0.25) is 53.2 Å². The number of amides is 9. The summed E-state index contributed by atoms with van der Waals surface area (Å²) in [5.41, 5.74) is 24.2. The highest BCUT2D eigenvalue weighted by atomic mass is 16.3. The van der Waals surface area contributed by atoms with Gasteiger partial charge < -0.3 is 75.9 Å². The maximum Gasteiger partial charge on any atom is 0.243 e. The quantitative estimate of drug-likeness (QED) is 0.0482. The van der Waals surface area contributed by atoms with Crippen molar-refractivity contribution in [3.05, 3.63) is 35.9 Å². The molecular weight excluding hydrogens is 955 g/mol. The number of nitrogens with two attached hydrogens (primary N) is 4. The summed E-state index contributed by atoms with van der Waals surface area (Å²) in [6.45, 7) is 8.90. The van der Waals surface area contributed by atoms with Crippen LogP contribution in [-0.4, -0.2) is 145 Å². The van der Waals surface area contributed by atoms with E-state index >= 15 is 0 Å². The van der Waals surface area contributed by atoms with Crippen LogP contribution in [-0.2, 0) is 49.6 Å². The molecule has 1 aromatic carbocycles. The summed E-state index contributed by atoms with van der Waals surface area (Å²) >= 11 is 0. The second kappa shape index (κ2) is 35.4. The van der Waals surface area contributed by atoms with Gasteiger partial charge in [-0.25, -0.2) is 0 Å². The zero-order chi connectivity index (χ0) is 55.2. The van der Waals surface area contributed by atoms with E-state index in [0.717, 1.165) is 32.1 Å². The molecule has 418 valence electrons. The molecule has 1 aliphatic rings. The molecular formula is C51H89N13O10. The van der Waals surface area contributed by atoms with Crippen LogP contribution in [0.5, 0.6) is 0 Å². The molecule has 1 aliphatic heterocycles. The summed E-state index contributed by atoms with van der Waals surface area (Å²) in [6, 6.07) is -1.57. The summed E-state index contributed by atoms with van der Waals surface area (Å²) in [5, 5.41) is 34.7. The van der Waals surface area contributed by atoms with Crippen LogP contribution in [0, 0.1) is 11.8 Å². The van der Waals surface area contributed by atoms with Crippen LogP contribution in [0.25, 0.3) is 0 Å². The molecule has 74 heavy (non-hydrogen) atoms. The molecule has 1 heterocycles. The third kappa shape index (κ3) is 24.5. The fourth-order valence-electron chi connectivity index (χ4n) is 8.40. The van der Waals surface area contributed by atoms with E-state index in [1.54, 1.807) is 30.3 Å². The van der Waals surface area contributed by atoms with Crippen molar-refractivity contribution in [3.63, 3.8) is 0 Å². The van der Waals surface area contributed by atoms with Gasteiger partial charge in [-0.05, 0) is 94.9 Å². The zero-order valence-corrected chi connectivity index (χ0v) is 44.3. The van der Waals surface area contributed by atoms with Crippen molar-refractivity contribution in [1.82, 2.24) is 47.9 Å². The minimum absolute atomic E-state index is 0.0440. The Hall–Kier alpha value is -5.75. The number of aliphatic hydroxyl groups is 1. The van der Waals surface area contributed by atoms with Gasteiger partial charge in [-0.2, -0.15) is 0 Å². The number of unbranched alkanes of at least 4 members (excludes halogenated alkanes) is 4. The van der Waals surface area contributed by atoms with Crippen molar-refractivity contribution in [2.24, 2.45) is 34.8 Å². The molecule has 0 bridgehead atoms. The highest BCUT2D eigenvalue weighted by Crippen LogP contribution is 2.13. The van der Waals surface area contributed by atoms with Gasteiger partial charge in [-0.1, -0.05) is 97.1 Å². The van der Waals surface area contributed by atoms with Gasteiger partial charge in [-0.15, -0.1) is 0 Å². The highest BCUT2D eigenvalue weighted by Gasteiger charge is 2.35. The average molecular weight is 1040 g/mol. The molecule has 2 rings (SSSR count). The molecule has 0 aliphatic carbocycles. The number of rotatable bonds is 25. The summed E-state index contributed by atoms with van der Waals surface area (Å²) in [6.07, 6.45) is 3.59. The van der Waals surface area contributed by atoms with Crippen molar-refractivity contribution in [2.45, 2.75) is 185 Å². The number of hydrogen-bond acceptors (Lipinski definition) is 14. The van der Waals surface area contributed by atoms with E-state index in [4.69, 9.17) is 22.9 Å². The second-order valence-corrected chi connectivity index (χ2v) is 19.9. The van der Waals surface area contributed by atoms with E-state index in [0.29, 0.717) is 12.0 Å². The van der Waals surface area contributed by atoms with E-state index in [1.165, 1.54) is 0 Å². The van der Waals surface area contributed by atoms with Crippen LogP contribution < -0.4 is 70.8 Å². The summed E-state index contributed by atoms with van der Waals surface area (Å²) in [4.78, 5) is 126. The third-order valence-electron chi connectivity index (χ3n) is 12.4. The molecule has 9 amide bonds. The van der Waals surface area contributed by atoms with Crippen molar-refractivity contribution in [3.8, 4) is 0 Å². The van der Waals surface area contributed by atoms with E-state index < -0.39 is 108 Å². The number of carbonyl (C=O) groups is 9. The van der Waals surface area contributed by atoms with Gasteiger partial charge in [0.05, 0.1) is 12.5 Å². The van der Waals surface area contributed by atoms with Crippen LogP contribution in [0.3, 0.4) is 0 Å². The molecule has 1 fully saturated rings. The fourth-order valence-corrected chi connectivity index (χ4v) is 8.40. The Labute approximate surface area is 436 Å². The molecule has 18 N–H and O–H groups in total. The molecule has 0 aromatic heterocycles. The maximum atomic E-state index is 14.4. The number of benzene rings is 1. The lowest BCUT2D eigenvalue weighted by atomic mass is 10.00. The van der Waals surface area contributed by atoms with Crippen molar-refractivity contribution in [2.75, 3.05) is 32.7 Å². The Morgan fingerprint density at radius 3 is 1.55 bits per heavy atom. The highest BCUT2D eigenvalue weighted by molar-refractivity contribution is 5.98. The first-order valence-corrected chi connectivity index (χ1v) is 26.5. The summed E-state index contributed by atoms with van der Waals surface area (Å²) in [7, 11) is 0.